The van der Waals surface area contributed by atoms with Crippen molar-refractivity contribution in [2.75, 3.05) is 47.5 Å². The number of carbonyl (C=O) groups excluding carboxylic acids is 2. The first kappa shape index (κ1) is 75.7. The van der Waals surface area contributed by atoms with Crippen LogP contribution in [-0.4, -0.2) is 87.4 Å². The Hall–Kier alpha value is -3.27. The van der Waals surface area contributed by atoms with Gasteiger partial charge in [0.25, 0.3) is 6.29 Å². The van der Waals surface area contributed by atoms with Gasteiger partial charge in [0.2, 0.25) is 0 Å². The third kappa shape index (κ3) is 62.2. The standard InChI is InChI=1S/C70H125NO8/c1-6-8-10-12-14-16-18-20-21-22-23-24-25-26-27-28-29-30-31-32-33-34-35-36-37-38-39-40-41-42-43-44-45-46-47-49-51-53-55-57-59-61-68(73)79-66(65-78-70(69(74)75)76-63-62-71(3,4)5)64-77-67(72)60-58-56-54-52-50-48-19-17-15-13-11-9-7-2/h8,10-11,13-14,16-17,19-21,23-24,66,70H,6-7,9,12,15,18,22,25-65H2,1-5H3/p+1/b10-8-,13-11-,16-14-,19-17-,21-20-,24-23-. The zero-order valence-electron chi connectivity index (χ0n) is 52.3. The third-order valence-corrected chi connectivity index (χ3v) is 14.4. The van der Waals surface area contributed by atoms with Crippen molar-refractivity contribution in [1.29, 1.82) is 0 Å². The first-order valence-electron chi connectivity index (χ1n) is 33.1. The fraction of sp³-hybridized carbons (Fsp3) is 0.786. The van der Waals surface area contributed by atoms with E-state index >= 15 is 0 Å². The predicted molar refractivity (Wildman–Crippen MR) is 336 cm³/mol. The molecule has 0 radical (unpaired) electrons. The summed E-state index contributed by atoms with van der Waals surface area (Å²) in [5.74, 6) is -2.01. The van der Waals surface area contributed by atoms with E-state index in [2.05, 4.69) is 86.8 Å². The van der Waals surface area contributed by atoms with Gasteiger partial charge >= 0.3 is 17.9 Å². The van der Waals surface area contributed by atoms with Crippen molar-refractivity contribution in [1.82, 2.24) is 0 Å². The van der Waals surface area contributed by atoms with E-state index in [9.17, 15) is 19.5 Å². The number of nitrogens with zero attached hydrogens (tertiary/aromatic N) is 1. The first-order valence-corrected chi connectivity index (χ1v) is 33.1. The van der Waals surface area contributed by atoms with Gasteiger partial charge in [-0.2, -0.15) is 0 Å². The molecule has 2 unspecified atom stereocenters. The van der Waals surface area contributed by atoms with E-state index in [1.165, 1.54) is 173 Å². The molecule has 0 saturated carbocycles. The van der Waals surface area contributed by atoms with Gasteiger partial charge in [-0.15, -0.1) is 0 Å². The lowest BCUT2D eigenvalue weighted by Crippen LogP contribution is -2.40. The smallest absolute Gasteiger partial charge is 0.361 e. The number of rotatable bonds is 61. The van der Waals surface area contributed by atoms with Crippen LogP contribution in [0.1, 0.15) is 296 Å². The van der Waals surface area contributed by atoms with Gasteiger partial charge in [0.1, 0.15) is 13.2 Å². The van der Waals surface area contributed by atoms with Crippen LogP contribution in [0.5, 0.6) is 0 Å². The van der Waals surface area contributed by atoms with Crippen molar-refractivity contribution in [3.05, 3.63) is 72.9 Å². The molecule has 0 aromatic heterocycles. The Labute approximate surface area is 487 Å². The molecule has 0 heterocycles. The molecule has 0 aliphatic carbocycles. The minimum Gasteiger partial charge on any atom is -0.477 e. The Morgan fingerprint density at radius 2 is 0.722 bits per heavy atom. The van der Waals surface area contributed by atoms with Crippen LogP contribution < -0.4 is 0 Å². The van der Waals surface area contributed by atoms with Crippen LogP contribution in [0.3, 0.4) is 0 Å². The molecule has 0 aromatic rings. The molecular formula is C70H126NO8+. The summed E-state index contributed by atoms with van der Waals surface area (Å²) in [6.45, 7) is 4.70. The topological polar surface area (TPSA) is 108 Å². The number of likely N-dealkylation sites (N-methyl/N-ethyl adjacent to an activating group) is 1. The van der Waals surface area contributed by atoms with Gasteiger partial charge in [-0.1, -0.05) is 279 Å². The lowest BCUT2D eigenvalue weighted by Gasteiger charge is -2.25. The number of carboxylic acid groups (broad SMARTS) is 1. The molecule has 458 valence electrons. The van der Waals surface area contributed by atoms with Crippen LogP contribution >= 0.6 is 0 Å². The van der Waals surface area contributed by atoms with Gasteiger partial charge in [-0.3, -0.25) is 9.59 Å². The Bertz CT molecular complexity index is 1520. The van der Waals surface area contributed by atoms with Gasteiger partial charge in [0.15, 0.2) is 6.10 Å². The van der Waals surface area contributed by atoms with E-state index in [1.807, 2.05) is 21.1 Å². The molecule has 0 spiro atoms. The van der Waals surface area contributed by atoms with Gasteiger partial charge in [-0.25, -0.2) is 4.79 Å². The van der Waals surface area contributed by atoms with E-state index < -0.39 is 24.3 Å². The number of aliphatic carboxylic acids is 1. The highest BCUT2D eigenvalue weighted by Crippen LogP contribution is 2.18. The summed E-state index contributed by atoms with van der Waals surface area (Å²) in [7, 11) is 5.97. The molecule has 0 saturated heterocycles. The van der Waals surface area contributed by atoms with Crippen molar-refractivity contribution in [3.8, 4) is 0 Å². The Morgan fingerprint density at radius 3 is 1.08 bits per heavy atom. The Morgan fingerprint density at radius 1 is 0.392 bits per heavy atom. The number of allylic oxidation sites excluding steroid dienone is 12. The minimum atomic E-state index is -1.51. The quantitative estimate of drug-likeness (QED) is 0.0211. The molecule has 1 N–H and O–H groups in total. The summed E-state index contributed by atoms with van der Waals surface area (Å²) in [6.07, 6.45) is 77.6. The summed E-state index contributed by atoms with van der Waals surface area (Å²) in [5.41, 5.74) is 0. The minimum absolute atomic E-state index is 0.186. The average molecular weight is 1110 g/mol. The number of hydrogen-bond donors (Lipinski definition) is 1. The SMILES string of the molecule is CC/C=C\C/C=C\C/C=C\C/C=C\CCCCCCCCCCCCCCCCCCCCCCCCCCCCCCC(=O)OC(COC(=O)CCCCCCC/C=C\C/C=C\CCC)COC(OCC[N+](C)(C)C)C(=O)O. The second-order valence-electron chi connectivity index (χ2n) is 23.4. The molecule has 0 amide bonds. The maximum Gasteiger partial charge on any atom is 0.361 e. The normalized spacial score (nSPS) is 13.2. The molecule has 0 aliphatic heterocycles. The van der Waals surface area contributed by atoms with E-state index in [4.69, 9.17) is 18.9 Å². The molecule has 0 rings (SSSR count). The summed E-state index contributed by atoms with van der Waals surface area (Å²) < 4.78 is 22.9. The van der Waals surface area contributed by atoms with Crippen LogP contribution in [0, 0.1) is 0 Å². The summed E-state index contributed by atoms with van der Waals surface area (Å²) in [6, 6.07) is 0. The fourth-order valence-electron chi connectivity index (χ4n) is 9.40. The number of esters is 2. The second kappa shape index (κ2) is 60.8. The number of carbonyl (C=O) groups is 3. The predicted octanol–water partition coefficient (Wildman–Crippen LogP) is 20.1. The van der Waals surface area contributed by atoms with Gasteiger partial charge in [-0.05, 0) is 77.0 Å². The number of quaternary nitrogens is 1. The number of hydrogen-bond acceptors (Lipinski definition) is 7. The number of carboxylic acids is 1. The molecule has 0 fully saturated rings. The summed E-state index contributed by atoms with van der Waals surface area (Å²) in [4.78, 5) is 37.4. The van der Waals surface area contributed by atoms with Crippen LogP contribution in [-0.2, 0) is 33.3 Å². The van der Waals surface area contributed by atoms with Crippen LogP contribution in [0.15, 0.2) is 72.9 Å². The van der Waals surface area contributed by atoms with E-state index in [1.54, 1.807) is 0 Å². The highest BCUT2D eigenvalue weighted by Gasteiger charge is 2.25. The summed E-state index contributed by atoms with van der Waals surface area (Å²) in [5, 5.41) is 9.70. The molecule has 0 bridgehead atoms. The fourth-order valence-corrected chi connectivity index (χ4v) is 9.40. The lowest BCUT2D eigenvalue weighted by molar-refractivity contribution is -0.870. The van der Waals surface area contributed by atoms with Gasteiger partial charge < -0.3 is 28.5 Å². The summed E-state index contributed by atoms with van der Waals surface area (Å²) >= 11 is 0. The maximum absolute atomic E-state index is 12.9. The monoisotopic (exact) mass is 1110 g/mol. The average Bonchev–Trinajstić information content (AvgIpc) is 3.42. The number of ether oxygens (including phenoxy) is 4. The first-order chi connectivity index (χ1) is 38.6. The van der Waals surface area contributed by atoms with Crippen molar-refractivity contribution in [2.24, 2.45) is 0 Å². The third-order valence-electron chi connectivity index (χ3n) is 14.4. The van der Waals surface area contributed by atoms with Crippen molar-refractivity contribution in [3.63, 3.8) is 0 Å². The second-order valence-corrected chi connectivity index (χ2v) is 23.4. The molecule has 9 heteroatoms. The van der Waals surface area contributed by atoms with Crippen molar-refractivity contribution >= 4 is 17.9 Å². The Balaban J connectivity index is 3.90. The maximum atomic E-state index is 12.9. The van der Waals surface area contributed by atoms with Crippen molar-refractivity contribution < 1.29 is 42.9 Å². The van der Waals surface area contributed by atoms with Gasteiger partial charge in [0.05, 0.1) is 34.4 Å². The van der Waals surface area contributed by atoms with E-state index in [0.717, 1.165) is 96.3 Å². The van der Waals surface area contributed by atoms with E-state index in [-0.39, 0.29) is 38.6 Å². The Kier molecular flexibility index (Phi) is 58.3. The number of unbranched alkanes of at least 4 members (excludes halogenated alkanes) is 34. The molecule has 0 aromatic carbocycles. The molecule has 79 heavy (non-hydrogen) atoms. The zero-order valence-corrected chi connectivity index (χ0v) is 52.3. The highest BCUT2D eigenvalue weighted by atomic mass is 16.7. The molecule has 2 atom stereocenters. The molecule has 0 aliphatic rings. The highest BCUT2D eigenvalue weighted by molar-refractivity contribution is 5.71. The molecular weight excluding hydrogens is 983 g/mol. The lowest BCUT2D eigenvalue weighted by atomic mass is 10.0. The van der Waals surface area contributed by atoms with Crippen molar-refractivity contribution in [2.45, 2.75) is 309 Å². The van der Waals surface area contributed by atoms with E-state index in [0.29, 0.717) is 11.0 Å². The van der Waals surface area contributed by atoms with Gasteiger partial charge in [0, 0.05) is 12.8 Å². The van der Waals surface area contributed by atoms with Crippen LogP contribution in [0.2, 0.25) is 0 Å². The largest absolute Gasteiger partial charge is 0.477 e. The zero-order chi connectivity index (χ0) is 57.6. The molecule has 9 nitrogen and oxygen atoms in total. The van der Waals surface area contributed by atoms with Crippen LogP contribution in [0.25, 0.3) is 0 Å². The van der Waals surface area contributed by atoms with Crippen LogP contribution in [0.4, 0.5) is 0 Å².